The van der Waals surface area contributed by atoms with Gasteiger partial charge in [-0.25, -0.2) is 9.69 Å². The molecule has 0 unspecified atom stereocenters. The highest BCUT2D eigenvalue weighted by molar-refractivity contribution is 9.10. The number of nitrogens with zero attached hydrogens (tertiary/aromatic N) is 2. The number of hydrogen-bond donors (Lipinski definition) is 1. The summed E-state index contributed by atoms with van der Waals surface area (Å²) in [5.41, 5.74) is 5.47. The summed E-state index contributed by atoms with van der Waals surface area (Å²) in [5, 5.41) is 3.13. The first-order valence-corrected chi connectivity index (χ1v) is 12.8. The van der Waals surface area contributed by atoms with Gasteiger partial charge in [0, 0.05) is 26.6 Å². The minimum absolute atomic E-state index is 0.210. The van der Waals surface area contributed by atoms with Crippen molar-refractivity contribution in [1.29, 1.82) is 0 Å². The number of amides is 3. The number of aryl methyl sites for hydroxylation is 1. The Labute approximate surface area is 228 Å². The predicted octanol–water partition coefficient (Wildman–Crippen LogP) is 7.19. The van der Waals surface area contributed by atoms with E-state index in [1.165, 1.54) is 0 Å². The second-order valence-corrected chi connectivity index (χ2v) is 10.0. The highest BCUT2D eigenvalue weighted by Gasteiger charge is 2.35. The number of nitrogens with one attached hydrogen (secondary N) is 1. The molecule has 0 atom stereocenters. The van der Waals surface area contributed by atoms with Crippen LogP contribution in [0.3, 0.4) is 0 Å². The van der Waals surface area contributed by atoms with Gasteiger partial charge in [0.25, 0.3) is 5.91 Å². The molecule has 1 saturated heterocycles. The summed E-state index contributed by atoms with van der Waals surface area (Å²) in [5.74, 6) is 0.348. The van der Waals surface area contributed by atoms with E-state index in [2.05, 4.69) is 25.8 Å². The molecule has 1 N–H and O–H groups in total. The molecular weight excluding hydrogens is 554 g/mol. The molecule has 5 rings (SSSR count). The second-order valence-electron chi connectivity index (χ2n) is 8.68. The van der Waals surface area contributed by atoms with E-state index in [9.17, 15) is 9.59 Å². The predicted molar refractivity (Wildman–Crippen MR) is 149 cm³/mol. The van der Waals surface area contributed by atoms with Gasteiger partial charge in [0.2, 0.25) is 0 Å². The lowest BCUT2D eigenvalue weighted by atomic mass is 10.2. The summed E-state index contributed by atoms with van der Waals surface area (Å²) in [6.45, 7) is 4.46. The van der Waals surface area contributed by atoms with Crippen molar-refractivity contribution in [2.45, 2.75) is 20.5 Å². The molecule has 0 bridgehead atoms. The van der Waals surface area contributed by atoms with Crippen molar-refractivity contribution in [2.75, 3.05) is 4.90 Å². The molecule has 6 nitrogen and oxygen atoms in total. The summed E-state index contributed by atoms with van der Waals surface area (Å²) < 4.78 is 9.06. The van der Waals surface area contributed by atoms with Gasteiger partial charge < -0.3 is 14.6 Å². The molecule has 0 saturated carbocycles. The molecule has 3 aromatic carbocycles. The fraction of sp³-hybridized carbons (Fsp3) is 0.103. The molecule has 3 amide bonds. The van der Waals surface area contributed by atoms with E-state index in [-0.39, 0.29) is 5.70 Å². The van der Waals surface area contributed by atoms with Crippen LogP contribution in [-0.2, 0) is 11.4 Å². The lowest BCUT2D eigenvalue weighted by Gasteiger charge is -2.12. The number of halogens is 2. The van der Waals surface area contributed by atoms with Gasteiger partial charge in [0.15, 0.2) is 0 Å². The molecule has 1 aliphatic heterocycles. The van der Waals surface area contributed by atoms with Crippen LogP contribution in [0.25, 0.3) is 11.8 Å². The summed E-state index contributed by atoms with van der Waals surface area (Å²) >= 11 is 9.49. The van der Waals surface area contributed by atoms with Gasteiger partial charge in [-0.2, -0.15) is 0 Å². The third kappa shape index (κ3) is 5.19. The standard InChI is InChI=1S/C29H23BrClN3O3/c1-18-14-21(15-27-28(35)34(29(36)32-27)25-5-3-4-23(31)16-25)19(2)33(18)24-10-12-26(13-11-24)37-17-20-6-8-22(30)9-7-20/h3-16H,17H2,1-2H3,(H,32,36)/b27-15+. The Hall–Kier alpha value is -3.81. The second kappa shape index (κ2) is 10.3. The van der Waals surface area contributed by atoms with Crippen LogP contribution in [0.1, 0.15) is 22.5 Å². The number of carbonyl (C=O) groups excluding carboxylic acids is 2. The first kappa shape index (κ1) is 24.9. The van der Waals surface area contributed by atoms with Crippen LogP contribution >= 0.6 is 27.5 Å². The Bertz CT molecular complexity index is 1530. The van der Waals surface area contributed by atoms with Crippen molar-refractivity contribution >= 4 is 51.2 Å². The zero-order valence-corrected chi connectivity index (χ0v) is 22.5. The third-order valence-corrected chi connectivity index (χ3v) is 6.89. The molecule has 1 aromatic heterocycles. The van der Waals surface area contributed by atoms with Crippen LogP contribution < -0.4 is 15.0 Å². The Balaban J connectivity index is 1.35. The third-order valence-electron chi connectivity index (χ3n) is 6.13. The summed E-state index contributed by atoms with van der Waals surface area (Å²) in [7, 11) is 0. The first-order chi connectivity index (χ1) is 17.8. The maximum atomic E-state index is 13.0. The van der Waals surface area contributed by atoms with E-state index in [0.717, 1.165) is 43.3 Å². The summed E-state index contributed by atoms with van der Waals surface area (Å²) in [6.07, 6.45) is 1.71. The number of carbonyl (C=O) groups is 2. The Kier molecular flexibility index (Phi) is 6.91. The van der Waals surface area contributed by atoms with E-state index in [1.807, 2.05) is 68.4 Å². The molecule has 1 aliphatic rings. The van der Waals surface area contributed by atoms with Crippen LogP contribution in [-0.4, -0.2) is 16.5 Å². The zero-order valence-electron chi connectivity index (χ0n) is 20.2. The largest absolute Gasteiger partial charge is 0.489 e. The highest BCUT2D eigenvalue weighted by atomic mass is 79.9. The van der Waals surface area contributed by atoms with Gasteiger partial charge in [0.05, 0.1) is 5.69 Å². The number of aromatic nitrogens is 1. The van der Waals surface area contributed by atoms with Crippen molar-refractivity contribution < 1.29 is 14.3 Å². The van der Waals surface area contributed by atoms with E-state index >= 15 is 0 Å². The van der Waals surface area contributed by atoms with E-state index in [0.29, 0.717) is 17.3 Å². The van der Waals surface area contributed by atoms with Gasteiger partial charge >= 0.3 is 6.03 Å². The Morgan fingerprint density at radius 2 is 1.68 bits per heavy atom. The smallest absolute Gasteiger partial charge is 0.333 e. The van der Waals surface area contributed by atoms with Crippen molar-refractivity contribution in [2.24, 2.45) is 0 Å². The lowest BCUT2D eigenvalue weighted by Crippen LogP contribution is -2.30. The number of urea groups is 1. The Morgan fingerprint density at radius 1 is 0.946 bits per heavy atom. The lowest BCUT2D eigenvalue weighted by molar-refractivity contribution is -0.113. The number of imide groups is 1. The van der Waals surface area contributed by atoms with Crippen molar-refractivity contribution in [3.05, 3.63) is 117 Å². The van der Waals surface area contributed by atoms with Crippen LogP contribution in [0.2, 0.25) is 5.02 Å². The number of rotatable bonds is 6. The van der Waals surface area contributed by atoms with Crippen molar-refractivity contribution in [3.8, 4) is 11.4 Å². The van der Waals surface area contributed by atoms with Gasteiger partial charge in [-0.15, -0.1) is 0 Å². The van der Waals surface area contributed by atoms with Gasteiger partial charge in [-0.05, 0) is 91.7 Å². The van der Waals surface area contributed by atoms with Crippen LogP contribution in [0.4, 0.5) is 10.5 Å². The number of hydrogen-bond acceptors (Lipinski definition) is 3. The molecule has 0 spiro atoms. The normalized spacial score (nSPS) is 14.4. The van der Waals surface area contributed by atoms with Crippen LogP contribution in [0.5, 0.6) is 5.75 Å². The highest BCUT2D eigenvalue weighted by Crippen LogP contribution is 2.28. The molecule has 2 heterocycles. The van der Waals surface area contributed by atoms with Gasteiger partial charge in [0.1, 0.15) is 18.1 Å². The number of benzene rings is 3. The topological polar surface area (TPSA) is 63.6 Å². The minimum atomic E-state index is -0.508. The maximum Gasteiger partial charge on any atom is 0.333 e. The maximum absolute atomic E-state index is 13.0. The first-order valence-electron chi connectivity index (χ1n) is 11.6. The summed E-state index contributed by atoms with van der Waals surface area (Å²) in [6, 6.07) is 24.0. The molecule has 0 aliphatic carbocycles. The average molecular weight is 577 g/mol. The SMILES string of the molecule is Cc1cc(/C=C2/NC(=O)N(c3cccc(Cl)c3)C2=O)c(C)n1-c1ccc(OCc2ccc(Br)cc2)cc1. The van der Waals surface area contributed by atoms with Gasteiger partial charge in [-0.1, -0.05) is 45.7 Å². The van der Waals surface area contributed by atoms with Crippen molar-refractivity contribution in [1.82, 2.24) is 9.88 Å². The van der Waals surface area contributed by atoms with E-state index < -0.39 is 11.9 Å². The molecule has 37 heavy (non-hydrogen) atoms. The Morgan fingerprint density at radius 3 is 2.38 bits per heavy atom. The fourth-order valence-corrected chi connectivity index (χ4v) is 4.76. The van der Waals surface area contributed by atoms with Crippen LogP contribution in [0, 0.1) is 13.8 Å². The summed E-state index contributed by atoms with van der Waals surface area (Å²) in [4.78, 5) is 26.7. The van der Waals surface area contributed by atoms with Gasteiger partial charge in [-0.3, -0.25) is 4.79 Å². The van der Waals surface area contributed by atoms with E-state index in [4.69, 9.17) is 16.3 Å². The zero-order chi connectivity index (χ0) is 26.1. The fourth-order valence-electron chi connectivity index (χ4n) is 4.31. The number of anilines is 1. The van der Waals surface area contributed by atoms with Crippen LogP contribution in [0.15, 0.2) is 89.0 Å². The molecule has 186 valence electrons. The van der Waals surface area contributed by atoms with Crippen molar-refractivity contribution in [3.63, 3.8) is 0 Å². The molecule has 4 aromatic rings. The monoisotopic (exact) mass is 575 g/mol. The van der Waals surface area contributed by atoms with E-state index in [1.54, 1.807) is 30.3 Å². The number of ether oxygens (including phenoxy) is 1. The molecule has 1 fully saturated rings. The quantitative estimate of drug-likeness (QED) is 0.195. The molecule has 0 radical (unpaired) electrons. The average Bonchev–Trinajstić information content (AvgIpc) is 3.32. The minimum Gasteiger partial charge on any atom is -0.489 e. The molecular formula is C29H23BrClN3O3. The molecule has 8 heteroatoms.